The van der Waals surface area contributed by atoms with Crippen molar-refractivity contribution < 1.29 is 4.79 Å². The standard InChI is InChI=1S/C11H17BrN4O/c1-3-16(2)5-4-14-11(17)9-6-8(12)7-15-10(9)13/h6-7H,3-5H2,1-2H3,(H2,13,15)(H,14,17). The van der Waals surface area contributed by atoms with Gasteiger partial charge in [0.1, 0.15) is 5.82 Å². The molecule has 1 aromatic heterocycles. The lowest BCUT2D eigenvalue weighted by atomic mass is 10.2. The average Bonchev–Trinajstić information content (AvgIpc) is 2.31. The Kier molecular flexibility index (Phi) is 5.37. The molecule has 3 N–H and O–H groups in total. The summed E-state index contributed by atoms with van der Waals surface area (Å²) in [6, 6.07) is 1.67. The Labute approximate surface area is 110 Å². The topological polar surface area (TPSA) is 71.2 Å². The van der Waals surface area contributed by atoms with Crippen molar-refractivity contribution in [2.75, 3.05) is 32.4 Å². The minimum absolute atomic E-state index is 0.194. The number of anilines is 1. The van der Waals surface area contributed by atoms with Gasteiger partial charge in [-0.2, -0.15) is 0 Å². The van der Waals surface area contributed by atoms with Crippen LogP contribution >= 0.6 is 15.9 Å². The molecule has 0 aliphatic rings. The Morgan fingerprint density at radius 1 is 1.65 bits per heavy atom. The molecule has 94 valence electrons. The molecule has 0 atom stereocenters. The maximum atomic E-state index is 11.8. The molecule has 1 rings (SSSR count). The highest BCUT2D eigenvalue weighted by Gasteiger charge is 2.10. The van der Waals surface area contributed by atoms with E-state index in [4.69, 9.17) is 5.73 Å². The number of likely N-dealkylation sites (N-methyl/N-ethyl adjacent to an activating group) is 1. The second-order valence-corrected chi connectivity index (χ2v) is 4.65. The van der Waals surface area contributed by atoms with Gasteiger partial charge in [-0.1, -0.05) is 6.92 Å². The number of nitrogens with one attached hydrogen (secondary N) is 1. The van der Waals surface area contributed by atoms with Gasteiger partial charge in [-0.25, -0.2) is 4.98 Å². The molecule has 0 saturated carbocycles. The minimum atomic E-state index is -0.194. The lowest BCUT2D eigenvalue weighted by Crippen LogP contribution is -2.33. The van der Waals surface area contributed by atoms with Crippen molar-refractivity contribution in [2.24, 2.45) is 0 Å². The van der Waals surface area contributed by atoms with E-state index in [9.17, 15) is 4.79 Å². The second kappa shape index (κ2) is 6.56. The molecule has 0 fully saturated rings. The molecular formula is C11H17BrN4O. The maximum Gasteiger partial charge on any atom is 0.255 e. The third-order valence-electron chi connectivity index (χ3n) is 2.45. The number of amides is 1. The summed E-state index contributed by atoms with van der Waals surface area (Å²) < 4.78 is 0.738. The van der Waals surface area contributed by atoms with Crippen molar-refractivity contribution in [3.8, 4) is 0 Å². The first-order valence-electron chi connectivity index (χ1n) is 5.42. The lowest BCUT2D eigenvalue weighted by Gasteiger charge is -2.14. The van der Waals surface area contributed by atoms with Gasteiger partial charge in [0.15, 0.2) is 0 Å². The number of nitrogen functional groups attached to an aromatic ring is 1. The van der Waals surface area contributed by atoms with E-state index in [1.807, 2.05) is 7.05 Å². The molecule has 0 aromatic carbocycles. The first-order valence-corrected chi connectivity index (χ1v) is 6.21. The molecule has 5 nitrogen and oxygen atoms in total. The van der Waals surface area contributed by atoms with Gasteiger partial charge in [-0.15, -0.1) is 0 Å². The van der Waals surface area contributed by atoms with E-state index in [0.29, 0.717) is 12.1 Å². The van der Waals surface area contributed by atoms with Crippen molar-refractivity contribution >= 4 is 27.7 Å². The van der Waals surface area contributed by atoms with Crippen LogP contribution in [0, 0.1) is 0 Å². The summed E-state index contributed by atoms with van der Waals surface area (Å²) in [7, 11) is 2.00. The zero-order chi connectivity index (χ0) is 12.8. The molecular weight excluding hydrogens is 284 g/mol. The van der Waals surface area contributed by atoms with Crippen molar-refractivity contribution in [3.05, 3.63) is 22.3 Å². The van der Waals surface area contributed by atoms with E-state index in [1.54, 1.807) is 12.3 Å². The number of carbonyl (C=O) groups excluding carboxylic acids is 1. The van der Waals surface area contributed by atoms with E-state index in [2.05, 4.69) is 38.1 Å². The van der Waals surface area contributed by atoms with Crippen LogP contribution in [0.2, 0.25) is 0 Å². The van der Waals surface area contributed by atoms with Crippen LogP contribution in [0.1, 0.15) is 17.3 Å². The number of hydrogen-bond acceptors (Lipinski definition) is 4. The predicted molar refractivity (Wildman–Crippen MR) is 71.9 cm³/mol. The lowest BCUT2D eigenvalue weighted by molar-refractivity contribution is 0.0950. The van der Waals surface area contributed by atoms with Crippen LogP contribution in [0.5, 0.6) is 0 Å². The van der Waals surface area contributed by atoms with Crippen LogP contribution in [0.4, 0.5) is 5.82 Å². The zero-order valence-electron chi connectivity index (χ0n) is 10.0. The van der Waals surface area contributed by atoms with Gasteiger partial charge in [-0.05, 0) is 35.6 Å². The molecule has 17 heavy (non-hydrogen) atoms. The highest BCUT2D eigenvalue weighted by molar-refractivity contribution is 9.10. The molecule has 1 heterocycles. The summed E-state index contributed by atoms with van der Waals surface area (Å²) in [6.07, 6.45) is 1.57. The Balaban J connectivity index is 2.55. The SMILES string of the molecule is CCN(C)CCNC(=O)c1cc(Br)cnc1N. The number of carbonyl (C=O) groups is 1. The average molecular weight is 301 g/mol. The van der Waals surface area contributed by atoms with Gasteiger partial charge in [0.05, 0.1) is 5.56 Å². The summed E-state index contributed by atoms with van der Waals surface area (Å²) in [5, 5.41) is 2.81. The maximum absolute atomic E-state index is 11.8. The first-order chi connectivity index (χ1) is 8.04. The van der Waals surface area contributed by atoms with Crippen LogP contribution < -0.4 is 11.1 Å². The molecule has 0 aliphatic heterocycles. The summed E-state index contributed by atoms with van der Waals surface area (Å²) in [4.78, 5) is 17.8. The molecule has 0 saturated heterocycles. The zero-order valence-corrected chi connectivity index (χ0v) is 11.6. The van der Waals surface area contributed by atoms with Gasteiger partial charge in [-0.3, -0.25) is 4.79 Å². The predicted octanol–water partition coefficient (Wildman–Crippen LogP) is 1.11. The third kappa shape index (κ3) is 4.32. The second-order valence-electron chi connectivity index (χ2n) is 3.74. The molecule has 0 unspecified atom stereocenters. The highest BCUT2D eigenvalue weighted by Crippen LogP contribution is 2.15. The molecule has 1 amide bonds. The van der Waals surface area contributed by atoms with Crippen LogP contribution in [0.25, 0.3) is 0 Å². The van der Waals surface area contributed by atoms with Gasteiger partial charge in [0, 0.05) is 23.8 Å². The molecule has 6 heteroatoms. The number of pyridine rings is 1. The van der Waals surface area contributed by atoms with Crippen LogP contribution in [0.15, 0.2) is 16.7 Å². The van der Waals surface area contributed by atoms with E-state index in [-0.39, 0.29) is 11.7 Å². The molecule has 1 aromatic rings. The molecule has 0 radical (unpaired) electrons. The number of hydrogen-bond donors (Lipinski definition) is 2. The van der Waals surface area contributed by atoms with Crippen molar-refractivity contribution in [1.29, 1.82) is 0 Å². The fourth-order valence-corrected chi connectivity index (χ4v) is 1.58. The first kappa shape index (κ1) is 13.9. The van der Waals surface area contributed by atoms with Crippen molar-refractivity contribution in [2.45, 2.75) is 6.92 Å². The summed E-state index contributed by atoms with van der Waals surface area (Å²) in [6.45, 7) is 4.42. The number of halogens is 1. The molecule has 0 bridgehead atoms. The summed E-state index contributed by atoms with van der Waals surface area (Å²) in [5.41, 5.74) is 6.05. The van der Waals surface area contributed by atoms with Crippen LogP contribution in [-0.2, 0) is 0 Å². The normalized spacial score (nSPS) is 10.6. The van der Waals surface area contributed by atoms with Gasteiger partial charge in [0.2, 0.25) is 0 Å². The quantitative estimate of drug-likeness (QED) is 0.854. The van der Waals surface area contributed by atoms with Gasteiger partial charge >= 0.3 is 0 Å². The fraction of sp³-hybridized carbons (Fsp3) is 0.455. The van der Waals surface area contributed by atoms with E-state index >= 15 is 0 Å². The largest absolute Gasteiger partial charge is 0.383 e. The van der Waals surface area contributed by atoms with E-state index < -0.39 is 0 Å². The summed E-state index contributed by atoms with van der Waals surface area (Å²) in [5.74, 6) is 0.0512. The molecule has 0 aliphatic carbocycles. The number of rotatable bonds is 5. The Morgan fingerprint density at radius 3 is 3.00 bits per heavy atom. The smallest absolute Gasteiger partial charge is 0.255 e. The van der Waals surface area contributed by atoms with Crippen LogP contribution in [0.3, 0.4) is 0 Å². The molecule has 0 spiro atoms. The van der Waals surface area contributed by atoms with E-state index in [0.717, 1.165) is 17.6 Å². The Morgan fingerprint density at radius 2 is 2.35 bits per heavy atom. The minimum Gasteiger partial charge on any atom is -0.383 e. The van der Waals surface area contributed by atoms with Gasteiger partial charge < -0.3 is 16.0 Å². The van der Waals surface area contributed by atoms with E-state index in [1.165, 1.54) is 0 Å². The highest BCUT2D eigenvalue weighted by atomic mass is 79.9. The van der Waals surface area contributed by atoms with Gasteiger partial charge in [0.25, 0.3) is 5.91 Å². The fourth-order valence-electron chi connectivity index (χ4n) is 1.25. The van der Waals surface area contributed by atoms with Crippen molar-refractivity contribution in [3.63, 3.8) is 0 Å². The number of nitrogens with zero attached hydrogens (tertiary/aromatic N) is 2. The monoisotopic (exact) mass is 300 g/mol. The van der Waals surface area contributed by atoms with Crippen LogP contribution in [-0.4, -0.2) is 42.5 Å². The Hall–Kier alpha value is -1.14. The summed E-state index contributed by atoms with van der Waals surface area (Å²) >= 11 is 3.26. The third-order valence-corrected chi connectivity index (χ3v) is 2.88. The number of aromatic nitrogens is 1. The number of nitrogens with two attached hydrogens (primary N) is 1. The van der Waals surface area contributed by atoms with Crippen molar-refractivity contribution in [1.82, 2.24) is 15.2 Å². The Bertz CT molecular complexity index is 397.